The number of carbonyl (C=O) groups is 1. The summed E-state index contributed by atoms with van der Waals surface area (Å²) in [7, 11) is 0. The van der Waals surface area contributed by atoms with Gasteiger partial charge in [-0.3, -0.25) is 4.79 Å². The van der Waals surface area contributed by atoms with Crippen molar-refractivity contribution in [3.63, 3.8) is 0 Å². The maximum absolute atomic E-state index is 12.0. The SMILES string of the molecule is Cc1noc(CCNC(=O)C2(N)CCCCC2)n1. The van der Waals surface area contributed by atoms with E-state index in [2.05, 4.69) is 15.5 Å². The molecule has 0 radical (unpaired) electrons. The second-order valence-electron chi connectivity index (χ2n) is 4.96. The average Bonchev–Trinajstić information content (AvgIpc) is 2.76. The summed E-state index contributed by atoms with van der Waals surface area (Å²) in [6.45, 7) is 2.25. The van der Waals surface area contributed by atoms with Crippen LogP contribution in [0.25, 0.3) is 0 Å². The number of nitrogens with zero attached hydrogens (tertiary/aromatic N) is 2. The highest BCUT2D eigenvalue weighted by molar-refractivity contribution is 5.86. The van der Waals surface area contributed by atoms with Crippen LogP contribution in [0.4, 0.5) is 0 Å². The van der Waals surface area contributed by atoms with Gasteiger partial charge in [0.05, 0.1) is 5.54 Å². The number of rotatable bonds is 4. The van der Waals surface area contributed by atoms with Crippen molar-refractivity contribution < 1.29 is 9.32 Å². The monoisotopic (exact) mass is 252 g/mol. The molecule has 0 saturated heterocycles. The van der Waals surface area contributed by atoms with E-state index < -0.39 is 5.54 Å². The van der Waals surface area contributed by atoms with E-state index in [4.69, 9.17) is 10.3 Å². The van der Waals surface area contributed by atoms with Crippen LogP contribution in [-0.4, -0.2) is 28.1 Å². The van der Waals surface area contributed by atoms with Crippen molar-refractivity contribution in [2.45, 2.75) is 51.0 Å². The smallest absolute Gasteiger partial charge is 0.240 e. The fraction of sp³-hybridized carbons (Fsp3) is 0.750. The third-order valence-electron chi connectivity index (χ3n) is 3.39. The van der Waals surface area contributed by atoms with Crippen LogP contribution in [0.1, 0.15) is 43.8 Å². The molecular formula is C12H20N4O2. The molecule has 6 nitrogen and oxygen atoms in total. The zero-order valence-electron chi connectivity index (χ0n) is 10.7. The molecule has 1 aromatic rings. The number of hydrogen-bond donors (Lipinski definition) is 2. The molecule has 1 saturated carbocycles. The van der Waals surface area contributed by atoms with Crippen molar-refractivity contribution in [1.29, 1.82) is 0 Å². The number of nitrogens with one attached hydrogen (secondary N) is 1. The lowest BCUT2D eigenvalue weighted by molar-refractivity contribution is -0.127. The van der Waals surface area contributed by atoms with Crippen molar-refractivity contribution in [2.24, 2.45) is 5.73 Å². The number of amides is 1. The normalized spacial score (nSPS) is 18.6. The molecule has 1 fully saturated rings. The summed E-state index contributed by atoms with van der Waals surface area (Å²) >= 11 is 0. The van der Waals surface area contributed by atoms with E-state index in [0.29, 0.717) is 24.7 Å². The number of nitrogens with two attached hydrogens (primary N) is 1. The predicted molar refractivity (Wildman–Crippen MR) is 65.8 cm³/mol. The Morgan fingerprint density at radius 3 is 2.78 bits per heavy atom. The van der Waals surface area contributed by atoms with Gasteiger partial charge in [0.15, 0.2) is 5.82 Å². The summed E-state index contributed by atoms with van der Waals surface area (Å²) in [5.74, 6) is 1.10. The van der Waals surface area contributed by atoms with E-state index in [-0.39, 0.29) is 5.91 Å². The van der Waals surface area contributed by atoms with Crippen molar-refractivity contribution in [3.8, 4) is 0 Å². The van der Waals surface area contributed by atoms with E-state index in [1.807, 2.05) is 0 Å². The van der Waals surface area contributed by atoms with Gasteiger partial charge in [-0.05, 0) is 19.8 Å². The molecule has 2 rings (SSSR count). The van der Waals surface area contributed by atoms with Crippen LogP contribution in [0.15, 0.2) is 4.52 Å². The molecule has 1 aliphatic carbocycles. The zero-order valence-corrected chi connectivity index (χ0v) is 10.7. The Bertz CT molecular complexity index is 410. The van der Waals surface area contributed by atoms with Gasteiger partial charge < -0.3 is 15.6 Å². The first-order chi connectivity index (χ1) is 8.60. The molecule has 0 bridgehead atoms. The van der Waals surface area contributed by atoms with Crippen LogP contribution in [0, 0.1) is 6.92 Å². The molecule has 18 heavy (non-hydrogen) atoms. The van der Waals surface area contributed by atoms with E-state index in [0.717, 1.165) is 25.7 Å². The second-order valence-corrected chi connectivity index (χ2v) is 4.96. The molecule has 1 heterocycles. The van der Waals surface area contributed by atoms with Gasteiger partial charge >= 0.3 is 0 Å². The molecule has 1 amide bonds. The summed E-state index contributed by atoms with van der Waals surface area (Å²) in [5, 5.41) is 6.55. The Hall–Kier alpha value is -1.43. The molecule has 0 aliphatic heterocycles. The third kappa shape index (κ3) is 3.07. The molecule has 0 spiro atoms. The maximum Gasteiger partial charge on any atom is 0.240 e. The van der Waals surface area contributed by atoms with Gasteiger partial charge in [0.25, 0.3) is 0 Å². The van der Waals surface area contributed by atoms with Crippen LogP contribution in [0.3, 0.4) is 0 Å². The van der Waals surface area contributed by atoms with Gasteiger partial charge in [-0.15, -0.1) is 0 Å². The Labute approximate surface area is 106 Å². The molecule has 0 atom stereocenters. The Balaban J connectivity index is 1.77. The number of aryl methyl sites for hydroxylation is 1. The minimum absolute atomic E-state index is 0.0570. The standard InChI is InChI=1S/C12H20N4O2/c1-9-15-10(18-16-9)5-8-14-11(17)12(13)6-3-2-4-7-12/h2-8,13H2,1H3,(H,14,17). The van der Waals surface area contributed by atoms with Gasteiger partial charge in [0.2, 0.25) is 11.8 Å². The van der Waals surface area contributed by atoms with Crippen molar-refractivity contribution in [3.05, 3.63) is 11.7 Å². The van der Waals surface area contributed by atoms with E-state index in [9.17, 15) is 4.79 Å². The highest BCUT2D eigenvalue weighted by Gasteiger charge is 2.34. The van der Waals surface area contributed by atoms with Crippen LogP contribution in [0.2, 0.25) is 0 Å². The van der Waals surface area contributed by atoms with Crippen molar-refractivity contribution >= 4 is 5.91 Å². The minimum atomic E-state index is -0.678. The fourth-order valence-corrected chi connectivity index (χ4v) is 2.31. The van der Waals surface area contributed by atoms with Gasteiger partial charge in [0.1, 0.15) is 0 Å². The van der Waals surface area contributed by atoms with Crippen LogP contribution < -0.4 is 11.1 Å². The summed E-state index contributed by atoms with van der Waals surface area (Å²) in [4.78, 5) is 16.1. The highest BCUT2D eigenvalue weighted by Crippen LogP contribution is 2.25. The van der Waals surface area contributed by atoms with Crippen molar-refractivity contribution in [1.82, 2.24) is 15.5 Å². The van der Waals surface area contributed by atoms with Crippen molar-refractivity contribution in [2.75, 3.05) is 6.54 Å². The van der Waals surface area contributed by atoms with Gasteiger partial charge in [-0.2, -0.15) is 4.98 Å². The lowest BCUT2D eigenvalue weighted by Crippen LogP contribution is -2.55. The van der Waals surface area contributed by atoms with Gasteiger partial charge in [-0.25, -0.2) is 0 Å². The first kappa shape index (κ1) is 13.0. The molecule has 0 unspecified atom stereocenters. The Morgan fingerprint density at radius 2 is 2.17 bits per heavy atom. The largest absolute Gasteiger partial charge is 0.354 e. The number of aromatic nitrogens is 2. The van der Waals surface area contributed by atoms with Crippen LogP contribution >= 0.6 is 0 Å². The lowest BCUT2D eigenvalue weighted by atomic mass is 9.82. The second kappa shape index (κ2) is 5.48. The summed E-state index contributed by atoms with van der Waals surface area (Å²) in [6.07, 6.45) is 5.34. The van der Waals surface area contributed by atoms with Crippen LogP contribution in [0.5, 0.6) is 0 Å². The van der Waals surface area contributed by atoms with Gasteiger partial charge in [-0.1, -0.05) is 24.4 Å². The van der Waals surface area contributed by atoms with Gasteiger partial charge in [0, 0.05) is 13.0 Å². The molecule has 1 aromatic heterocycles. The number of hydrogen-bond acceptors (Lipinski definition) is 5. The van der Waals surface area contributed by atoms with E-state index >= 15 is 0 Å². The maximum atomic E-state index is 12.0. The highest BCUT2D eigenvalue weighted by atomic mass is 16.5. The summed E-state index contributed by atoms with van der Waals surface area (Å²) in [6, 6.07) is 0. The molecule has 6 heteroatoms. The Kier molecular flexibility index (Phi) is 3.96. The lowest BCUT2D eigenvalue weighted by Gasteiger charge is -2.31. The molecule has 0 aromatic carbocycles. The molecular weight excluding hydrogens is 232 g/mol. The number of carbonyl (C=O) groups excluding carboxylic acids is 1. The van der Waals surface area contributed by atoms with Crippen LogP contribution in [-0.2, 0) is 11.2 Å². The predicted octanol–water partition coefficient (Wildman–Crippen LogP) is 0.698. The third-order valence-corrected chi connectivity index (χ3v) is 3.39. The first-order valence-electron chi connectivity index (χ1n) is 6.46. The minimum Gasteiger partial charge on any atom is -0.354 e. The summed E-state index contributed by atoms with van der Waals surface area (Å²) in [5.41, 5.74) is 5.45. The Morgan fingerprint density at radius 1 is 1.44 bits per heavy atom. The average molecular weight is 252 g/mol. The topological polar surface area (TPSA) is 94.0 Å². The molecule has 100 valence electrons. The quantitative estimate of drug-likeness (QED) is 0.822. The molecule has 3 N–H and O–H groups in total. The first-order valence-corrected chi connectivity index (χ1v) is 6.46. The fourth-order valence-electron chi connectivity index (χ4n) is 2.31. The van der Waals surface area contributed by atoms with E-state index in [1.165, 1.54) is 6.42 Å². The van der Waals surface area contributed by atoms with E-state index in [1.54, 1.807) is 6.92 Å². The zero-order chi connectivity index (χ0) is 13.0. The summed E-state index contributed by atoms with van der Waals surface area (Å²) < 4.78 is 4.97. The molecule has 1 aliphatic rings.